The predicted octanol–water partition coefficient (Wildman–Crippen LogP) is 2.73. The normalized spacial score (nSPS) is 10.9. The molecule has 0 amide bonds. The maximum absolute atomic E-state index is 5.32. The molecule has 0 saturated heterocycles. The highest BCUT2D eigenvalue weighted by Gasteiger charge is 2.09. The van der Waals surface area contributed by atoms with Gasteiger partial charge in [-0.3, -0.25) is 4.40 Å². The monoisotopic (exact) mass is 267 g/mol. The van der Waals surface area contributed by atoms with Gasteiger partial charge in [-0.1, -0.05) is 6.07 Å². The molecule has 0 bridgehead atoms. The van der Waals surface area contributed by atoms with Crippen LogP contribution in [-0.4, -0.2) is 23.5 Å². The lowest BCUT2D eigenvalue weighted by molar-refractivity contribution is 0.414. The molecule has 0 aliphatic carbocycles. The van der Waals surface area contributed by atoms with Crippen LogP contribution >= 0.6 is 0 Å². The highest BCUT2D eigenvalue weighted by molar-refractivity contribution is 5.68. The van der Waals surface area contributed by atoms with Gasteiger partial charge in [0.05, 0.1) is 12.8 Å². The largest absolute Gasteiger partial charge is 0.497 e. The maximum Gasteiger partial charge on any atom is 0.137 e. The van der Waals surface area contributed by atoms with Gasteiger partial charge in [-0.15, -0.1) is 0 Å². The van der Waals surface area contributed by atoms with Gasteiger partial charge in [-0.25, -0.2) is 4.98 Å². The standard InChI is InChI=1S/C16H17N3O/c1-17-11-12-10-13(20-2)6-7-14(12)15-4-3-5-16-18-8-9-19(15)16/h3-10,17H,11H2,1-2H3. The number of ether oxygens (including phenoxy) is 1. The van der Waals surface area contributed by atoms with Crippen LogP contribution in [0.5, 0.6) is 5.75 Å². The molecule has 20 heavy (non-hydrogen) atoms. The van der Waals surface area contributed by atoms with Crippen molar-refractivity contribution < 1.29 is 4.74 Å². The first-order chi connectivity index (χ1) is 9.83. The summed E-state index contributed by atoms with van der Waals surface area (Å²) in [6, 6.07) is 12.3. The number of aromatic nitrogens is 2. The number of rotatable bonds is 4. The van der Waals surface area contributed by atoms with Gasteiger partial charge in [0.25, 0.3) is 0 Å². The Morgan fingerprint density at radius 2 is 2.15 bits per heavy atom. The Balaban J connectivity index is 2.20. The molecule has 4 heteroatoms. The van der Waals surface area contributed by atoms with E-state index in [1.807, 2.05) is 37.6 Å². The Labute approximate surface area is 118 Å². The average Bonchev–Trinajstić information content (AvgIpc) is 2.96. The first-order valence-electron chi connectivity index (χ1n) is 6.57. The molecule has 2 heterocycles. The van der Waals surface area contributed by atoms with Crippen LogP contribution in [-0.2, 0) is 6.54 Å². The van der Waals surface area contributed by atoms with E-state index in [1.54, 1.807) is 7.11 Å². The van der Waals surface area contributed by atoms with E-state index in [2.05, 4.69) is 32.9 Å². The van der Waals surface area contributed by atoms with Crippen molar-refractivity contribution in [2.24, 2.45) is 0 Å². The SMILES string of the molecule is CNCc1cc(OC)ccc1-c1cccc2nccn12. The van der Waals surface area contributed by atoms with E-state index in [9.17, 15) is 0 Å². The average molecular weight is 267 g/mol. The van der Waals surface area contributed by atoms with E-state index in [4.69, 9.17) is 4.74 Å². The number of fused-ring (bicyclic) bond motifs is 1. The van der Waals surface area contributed by atoms with Gasteiger partial charge < -0.3 is 10.1 Å². The minimum Gasteiger partial charge on any atom is -0.497 e. The Morgan fingerprint density at radius 1 is 1.25 bits per heavy atom. The third-order valence-electron chi connectivity index (χ3n) is 3.38. The molecular formula is C16H17N3O. The first kappa shape index (κ1) is 12.7. The molecule has 102 valence electrons. The summed E-state index contributed by atoms with van der Waals surface area (Å²) in [4.78, 5) is 4.34. The fraction of sp³-hybridized carbons (Fsp3) is 0.188. The third kappa shape index (κ3) is 2.14. The number of methoxy groups -OCH3 is 1. The van der Waals surface area contributed by atoms with Gasteiger partial charge in [0.1, 0.15) is 11.4 Å². The van der Waals surface area contributed by atoms with Crippen molar-refractivity contribution in [3.63, 3.8) is 0 Å². The molecule has 0 fully saturated rings. The van der Waals surface area contributed by atoms with Crippen LogP contribution < -0.4 is 10.1 Å². The zero-order valence-electron chi connectivity index (χ0n) is 11.6. The summed E-state index contributed by atoms with van der Waals surface area (Å²) < 4.78 is 7.42. The minimum atomic E-state index is 0.789. The number of hydrogen-bond donors (Lipinski definition) is 1. The first-order valence-corrected chi connectivity index (χ1v) is 6.57. The maximum atomic E-state index is 5.32. The van der Waals surface area contributed by atoms with Crippen molar-refractivity contribution in [3.8, 4) is 17.0 Å². The number of hydrogen-bond acceptors (Lipinski definition) is 3. The summed E-state index contributed by atoms with van der Waals surface area (Å²) in [7, 11) is 3.63. The molecule has 1 N–H and O–H groups in total. The van der Waals surface area contributed by atoms with Crippen molar-refractivity contribution in [1.29, 1.82) is 0 Å². The Hall–Kier alpha value is -2.33. The summed E-state index contributed by atoms with van der Waals surface area (Å²) in [6.07, 6.45) is 3.80. The molecule has 0 unspecified atom stereocenters. The Bertz CT molecular complexity index is 733. The summed E-state index contributed by atoms with van der Waals surface area (Å²) >= 11 is 0. The molecule has 4 nitrogen and oxygen atoms in total. The molecule has 0 atom stereocenters. The molecule has 3 aromatic rings. The Kier molecular flexibility index (Phi) is 3.39. The molecule has 1 aromatic carbocycles. The van der Waals surface area contributed by atoms with Crippen molar-refractivity contribution >= 4 is 5.65 Å². The molecule has 0 saturated carbocycles. The number of imidazole rings is 1. The molecule has 0 radical (unpaired) electrons. The molecule has 0 aliphatic heterocycles. The quantitative estimate of drug-likeness (QED) is 0.790. The van der Waals surface area contributed by atoms with Crippen LogP contribution in [0.1, 0.15) is 5.56 Å². The topological polar surface area (TPSA) is 38.6 Å². The lowest BCUT2D eigenvalue weighted by Gasteiger charge is -2.13. The fourth-order valence-electron chi connectivity index (χ4n) is 2.45. The summed E-state index contributed by atoms with van der Waals surface area (Å²) in [5.74, 6) is 0.872. The van der Waals surface area contributed by atoms with Crippen LogP contribution in [0.3, 0.4) is 0 Å². The molecule has 3 rings (SSSR count). The number of nitrogens with one attached hydrogen (secondary N) is 1. The zero-order valence-corrected chi connectivity index (χ0v) is 11.6. The van der Waals surface area contributed by atoms with Crippen LogP contribution in [0.15, 0.2) is 48.8 Å². The van der Waals surface area contributed by atoms with E-state index >= 15 is 0 Å². The molecular weight excluding hydrogens is 250 g/mol. The van der Waals surface area contributed by atoms with Crippen molar-refractivity contribution in [2.75, 3.05) is 14.2 Å². The number of benzene rings is 1. The molecule has 0 spiro atoms. The lowest BCUT2D eigenvalue weighted by atomic mass is 10.0. The van der Waals surface area contributed by atoms with E-state index < -0.39 is 0 Å². The Morgan fingerprint density at radius 3 is 2.95 bits per heavy atom. The van der Waals surface area contributed by atoms with Gasteiger partial charge in [0.2, 0.25) is 0 Å². The highest BCUT2D eigenvalue weighted by Crippen LogP contribution is 2.28. The van der Waals surface area contributed by atoms with Crippen molar-refractivity contribution in [2.45, 2.75) is 6.54 Å². The van der Waals surface area contributed by atoms with E-state index in [0.717, 1.165) is 23.6 Å². The van der Waals surface area contributed by atoms with Crippen LogP contribution in [0.25, 0.3) is 16.9 Å². The number of nitrogens with zero attached hydrogens (tertiary/aromatic N) is 2. The second-order valence-corrected chi connectivity index (χ2v) is 4.62. The van der Waals surface area contributed by atoms with E-state index in [-0.39, 0.29) is 0 Å². The van der Waals surface area contributed by atoms with Gasteiger partial charge >= 0.3 is 0 Å². The van der Waals surface area contributed by atoms with Crippen molar-refractivity contribution in [1.82, 2.24) is 14.7 Å². The highest BCUT2D eigenvalue weighted by atomic mass is 16.5. The second kappa shape index (κ2) is 5.35. The predicted molar refractivity (Wildman–Crippen MR) is 79.9 cm³/mol. The fourth-order valence-corrected chi connectivity index (χ4v) is 2.45. The molecule has 0 aliphatic rings. The van der Waals surface area contributed by atoms with Crippen LogP contribution in [0, 0.1) is 0 Å². The van der Waals surface area contributed by atoms with Gasteiger partial charge in [-0.2, -0.15) is 0 Å². The summed E-state index contributed by atoms with van der Waals surface area (Å²) in [5, 5.41) is 3.21. The van der Waals surface area contributed by atoms with Crippen molar-refractivity contribution in [3.05, 3.63) is 54.4 Å². The third-order valence-corrected chi connectivity index (χ3v) is 3.38. The van der Waals surface area contributed by atoms with Crippen LogP contribution in [0.4, 0.5) is 0 Å². The summed E-state index contributed by atoms with van der Waals surface area (Å²) in [5.41, 5.74) is 4.47. The number of pyridine rings is 1. The zero-order chi connectivity index (χ0) is 13.9. The van der Waals surface area contributed by atoms with Gasteiger partial charge in [-0.05, 0) is 42.9 Å². The second-order valence-electron chi connectivity index (χ2n) is 4.62. The van der Waals surface area contributed by atoms with E-state index in [0.29, 0.717) is 0 Å². The minimum absolute atomic E-state index is 0.789. The lowest BCUT2D eigenvalue weighted by Crippen LogP contribution is -2.07. The van der Waals surface area contributed by atoms with Gasteiger partial charge in [0, 0.05) is 24.5 Å². The summed E-state index contributed by atoms with van der Waals surface area (Å²) in [6.45, 7) is 0.789. The van der Waals surface area contributed by atoms with E-state index in [1.165, 1.54) is 11.1 Å². The van der Waals surface area contributed by atoms with Gasteiger partial charge in [0.15, 0.2) is 0 Å². The molecule has 2 aromatic heterocycles. The smallest absolute Gasteiger partial charge is 0.137 e. The van der Waals surface area contributed by atoms with Crippen LogP contribution in [0.2, 0.25) is 0 Å².